The lowest BCUT2D eigenvalue weighted by molar-refractivity contribution is -0.690. The molecule has 5 heteroatoms. The first-order chi connectivity index (χ1) is 9.06. The van der Waals surface area contributed by atoms with Crippen LogP contribution in [0, 0.1) is 6.92 Å². The summed E-state index contributed by atoms with van der Waals surface area (Å²) in [5.41, 5.74) is 1.57. The lowest BCUT2D eigenvalue weighted by Crippen LogP contribution is -2.42. The minimum absolute atomic E-state index is 0.136. The van der Waals surface area contributed by atoms with Gasteiger partial charge in [0.25, 0.3) is 5.91 Å². The maximum Gasteiger partial charge on any atom is 0.290 e. The monoisotopic (exact) mass is 295 g/mol. The summed E-state index contributed by atoms with van der Waals surface area (Å²) in [6.07, 6.45) is 1.86. The summed E-state index contributed by atoms with van der Waals surface area (Å²) < 4.78 is 1.86. The van der Waals surface area contributed by atoms with E-state index in [1.807, 2.05) is 35.9 Å². The molecule has 2 aromatic rings. The van der Waals surface area contributed by atoms with Crippen LogP contribution in [0.3, 0.4) is 0 Å². The van der Waals surface area contributed by atoms with Gasteiger partial charge in [-0.1, -0.05) is 29.3 Å². The summed E-state index contributed by atoms with van der Waals surface area (Å²) in [5.74, 6) is -0.136. The Balaban J connectivity index is 2.08. The van der Waals surface area contributed by atoms with Gasteiger partial charge in [-0.15, -0.1) is 0 Å². The van der Waals surface area contributed by atoms with Crippen molar-refractivity contribution < 1.29 is 9.36 Å². The highest BCUT2D eigenvalue weighted by Gasteiger charge is 2.13. The van der Waals surface area contributed by atoms with Crippen molar-refractivity contribution in [1.82, 2.24) is 0 Å². The maximum atomic E-state index is 11.9. The van der Waals surface area contributed by atoms with E-state index in [1.165, 1.54) is 0 Å². The normalized spacial score (nSPS) is 10.3. The summed E-state index contributed by atoms with van der Waals surface area (Å²) in [6, 6.07) is 10.7. The maximum absolute atomic E-state index is 11.9. The largest absolute Gasteiger partial charge is 0.319 e. The van der Waals surface area contributed by atoms with Crippen molar-refractivity contribution in [3.8, 4) is 0 Å². The van der Waals surface area contributed by atoms with E-state index in [1.54, 1.807) is 18.2 Å². The molecule has 19 heavy (non-hydrogen) atoms. The SMILES string of the molecule is Cc1cccc[n+]1CC(=O)Nc1ccc(Cl)cc1Cl. The fourth-order valence-corrected chi connectivity index (χ4v) is 2.13. The fourth-order valence-electron chi connectivity index (χ4n) is 1.67. The van der Waals surface area contributed by atoms with Crippen molar-refractivity contribution in [3.63, 3.8) is 0 Å². The van der Waals surface area contributed by atoms with Crippen molar-refractivity contribution in [3.05, 3.63) is 58.3 Å². The Morgan fingerprint density at radius 3 is 2.74 bits per heavy atom. The number of nitrogens with one attached hydrogen (secondary N) is 1. The highest BCUT2D eigenvalue weighted by molar-refractivity contribution is 6.36. The summed E-state index contributed by atoms with van der Waals surface area (Å²) in [4.78, 5) is 11.9. The molecule has 1 heterocycles. The Morgan fingerprint density at radius 2 is 2.05 bits per heavy atom. The number of pyridine rings is 1. The van der Waals surface area contributed by atoms with Crippen LogP contribution in [0.4, 0.5) is 5.69 Å². The minimum atomic E-state index is -0.136. The Kier molecular flexibility index (Phi) is 4.40. The minimum Gasteiger partial charge on any atom is -0.319 e. The van der Waals surface area contributed by atoms with Crippen LogP contribution < -0.4 is 9.88 Å². The number of carbonyl (C=O) groups excluding carboxylic acids is 1. The zero-order valence-electron chi connectivity index (χ0n) is 10.4. The number of amides is 1. The van der Waals surface area contributed by atoms with Gasteiger partial charge in [-0.25, -0.2) is 0 Å². The number of rotatable bonds is 3. The molecule has 1 aromatic heterocycles. The Labute approximate surface area is 121 Å². The number of aryl methyl sites for hydroxylation is 1. The lowest BCUT2D eigenvalue weighted by Gasteiger charge is -2.06. The van der Waals surface area contributed by atoms with E-state index in [-0.39, 0.29) is 12.5 Å². The molecule has 0 radical (unpaired) electrons. The lowest BCUT2D eigenvalue weighted by atomic mass is 10.3. The third-order valence-corrected chi connectivity index (χ3v) is 3.23. The van der Waals surface area contributed by atoms with Crippen molar-refractivity contribution >= 4 is 34.8 Å². The molecular formula is C14H13Cl2N2O+. The number of aromatic nitrogens is 1. The number of halogens is 2. The second-order valence-corrected chi connectivity index (χ2v) is 4.99. The average molecular weight is 296 g/mol. The Hall–Kier alpha value is -1.58. The number of carbonyl (C=O) groups is 1. The second kappa shape index (κ2) is 6.04. The molecule has 0 aliphatic rings. The third kappa shape index (κ3) is 3.69. The van der Waals surface area contributed by atoms with E-state index in [0.717, 1.165) is 5.69 Å². The van der Waals surface area contributed by atoms with Crippen molar-refractivity contribution in [1.29, 1.82) is 0 Å². The van der Waals surface area contributed by atoms with Crippen LogP contribution in [0.2, 0.25) is 10.0 Å². The predicted octanol–water partition coefficient (Wildman–Crippen LogP) is 3.23. The quantitative estimate of drug-likeness (QED) is 0.867. The topological polar surface area (TPSA) is 33.0 Å². The van der Waals surface area contributed by atoms with E-state index < -0.39 is 0 Å². The predicted molar refractivity (Wildman–Crippen MR) is 76.5 cm³/mol. The highest BCUT2D eigenvalue weighted by Crippen LogP contribution is 2.25. The van der Waals surface area contributed by atoms with Crippen LogP contribution in [0.15, 0.2) is 42.6 Å². The molecule has 1 N–H and O–H groups in total. The average Bonchev–Trinajstić information content (AvgIpc) is 2.36. The van der Waals surface area contributed by atoms with Crippen LogP contribution in [-0.2, 0) is 11.3 Å². The summed E-state index contributed by atoms with van der Waals surface area (Å²) in [6.45, 7) is 2.19. The number of hydrogen-bond acceptors (Lipinski definition) is 1. The Morgan fingerprint density at radius 1 is 1.26 bits per heavy atom. The summed E-state index contributed by atoms with van der Waals surface area (Å²) in [7, 11) is 0. The van der Waals surface area contributed by atoms with E-state index >= 15 is 0 Å². The fraction of sp³-hybridized carbons (Fsp3) is 0.143. The Bertz CT molecular complexity index is 614. The molecule has 0 aliphatic heterocycles. The van der Waals surface area contributed by atoms with Gasteiger partial charge in [-0.3, -0.25) is 4.79 Å². The van der Waals surface area contributed by atoms with Gasteiger partial charge in [0.2, 0.25) is 6.54 Å². The number of anilines is 1. The smallest absolute Gasteiger partial charge is 0.290 e. The van der Waals surface area contributed by atoms with E-state index in [0.29, 0.717) is 15.7 Å². The van der Waals surface area contributed by atoms with Gasteiger partial charge < -0.3 is 5.32 Å². The number of hydrogen-bond donors (Lipinski definition) is 1. The highest BCUT2D eigenvalue weighted by atomic mass is 35.5. The van der Waals surface area contributed by atoms with E-state index in [2.05, 4.69) is 5.32 Å². The van der Waals surface area contributed by atoms with Gasteiger partial charge in [0, 0.05) is 24.1 Å². The van der Waals surface area contributed by atoms with E-state index in [4.69, 9.17) is 23.2 Å². The molecule has 0 fully saturated rings. The molecule has 0 atom stereocenters. The zero-order chi connectivity index (χ0) is 13.8. The standard InChI is InChI=1S/C14H12Cl2N2O/c1-10-4-2-3-7-18(10)9-14(19)17-13-6-5-11(15)8-12(13)16/h2-8H,9H2,1H3/p+1. The van der Waals surface area contributed by atoms with Crippen LogP contribution in [0.1, 0.15) is 5.69 Å². The molecule has 0 unspecified atom stereocenters. The van der Waals surface area contributed by atoms with Gasteiger partial charge in [-0.2, -0.15) is 4.57 Å². The second-order valence-electron chi connectivity index (χ2n) is 4.14. The molecule has 0 saturated carbocycles. The van der Waals surface area contributed by atoms with Gasteiger partial charge in [-0.05, 0) is 18.2 Å². The first-order valence-corrected chi connectivity index (χ1v) is 6.52. The zero-order valence-corrected chi connectivity index (χ0v) is 11.9. The molecule has 3 nitrogen and oxygen atoms in total. The van der Waals surface area contributed by atoms with Crippen molar-refractivity contribution in [2.75, 3.05) is 5.32 Å². The van der Waals surface area contributed by atoms with Gasteiger partial charge in [0.15, 0.2) is 11.9 Å². The van der Waals surface area contributed by atoms with Crippen LogP contribution >= 0.6 is 23.2 Å². The molecule has 0 spiro atoms. The van der Waals surface area contributed by atoms with Gasteiger partial charge in [0.05, 0.1) is 10.7 Å². The first kappa shape index (κ1) is 13.8. The van der Waals surface area contributed by atoms with Crippen molar-refractivity contribution in [2.24, 2.45) is 0 Å². The summed E-state index contributed by atoms with van der Waals surface area (Å²) in [5, 5.41) is 3.73. The molecule has 1 amide bonds. The number of nitrogens with zero attached hydrogens (tertiary/aromatic N) is 1. The molecule has 0 saturated heterocycles. The first-order valence-electron chi connectivity index (χ1n) is 5.76. The molecular weight excluding hydrogens is 283 g/mol. The molecule has 2 rings (SSSR count). The number of benzene rings is 1. The molecule has 0 bridgehead atoms. The van der Waals surface area contributed by atoms with Gasteiger partial charge in [0.1, 0.15) is 0 Å². The van der Waals surface area contributed by atoms with Crippen LogP contribution in [-0.4, -0.2) is 5.91 Å². The third-order valence-electron chi connectivity index (χ3n) is 2.69. The summed E-state index contributed by atoms with van der Waals surface area (Å²) >= 11 is 11.8. The van der Waals surface area contributed by atoms with Crippen LogP contribution in [0.5, 0.6) is 0 Å². The van der Waals surface area contributed by atoms with Gasteiger partial charge >= 0.3 is 0 Å². The molecule has 1 aromatic carbocycles. The van der Waals surface area contributed by atoms with E-state index in [9.17, 15) is 4.79 Å². The molecule has 0 aliphatic carbocycles. The molecule has 98 valence electrons. The van der Waals surface area contributed by atoms with Crippen LogP contribution in [0.25, 0.3) is 0 Å². The van der Waals surface area contributed by atoms with Crippen molar-refractivity contribution in [2.45, 2.75) is 13.5 Å².